The maximum absolute atomic E-state index is 11.7. The average Bonchev–Trinajstić information content (AvgIpc) is 2.33. The van der Waals surface area contributed by atoms with Gasteiger partial charge in [0.25, 0.3) is 0 Å². The van der Waals surface area contributed by atoms with Gasteiger partial charge in [-0.05, 0) is 5.56 Å². The Kier molecular flexibility index (Phi) is 5.51. The number of sulfone groups is 1. The maximum Gasteiger partial charge on any atom is 0.148 e. The molecule has 2 unspecified atom stereocenters. The first-order valence-electron chi connectivity index (χ1n) is 5.39. The summed E-state index contributed by atoms with van der Waals surface area (Å²) in [6, 6.07) is 11.2. The van der Waals surface area contributed by atoms with Crippen molar-refractivity contribution in [3.05, 3.63) is 35.9 Å². The number of rotatable bonds is 6. The second kappa shape index (κ2) is 6.66. The fraction of sp³-hybridized carbons (Fsp3) is 0.417. The number of nitrogens with zero attached hydrogens (tertiary/aromatic N) is 1. The van der Waals surface area contributed by atoms with Gasteiger partial charge in [0.1, 0.15) is 9.84 Å². The van der Waals surface area contributed by atoms with Gasteiger partial charge in [-0.3, -0.25) is 4.21 Å². The number of hydrogen-bond donors (Lipinski definition) is 0. The molecule has 0 bridgehead atoms. The molecule has 0 saturated carbocycles. The summed E-state index contributed by atoms with van der Waals surface area (Å²) in [4.78, 5) is 0. The Labute approximate surface area is 110 Å². The van der Waals surface area contributed by atoms with Gasteiger partial charge < -0.3 is 0 Å². The van der Waals surface area contributed by atoms with Gasteiger partial charge in [-0.15, -0.1) is 0 Å². The minimum absolute atomic E-state index is 0.0871. The minimum Gasteiger partial charge on any atom is -0.259 e. The van der Waals surface area contributed by atoms with Crippen LogP contribution in [0.15, 0.2) is 30.3 Å². The van der Waals surface area contributed by atoms with Gasteiger partial charge in [-0.25, -0.2) is 8.42 Å². The normalized spacial score (nSPS) is 14.7. The van der Waals surface area contributed by atoms with E-state index in [1.54, 1.807) is 0 Å². The van der Waals surface area contributed by atoms with Gasteiger partial charge in [-0.2, -0.15) is 5.26 Å². The summed E-state index contributed by atoms with van der Waals surface area (Å²) < 4.78 is 33.7. The third kappa shape index (κ3) is 5.43. The molecule has 2 atom stereocenters. The first kappa shape index (κ1) is 14.9. The van der Waals surface area contributed by atoms with Crippen LogP contribution in [0.3, 0.4) is 0 Å². The third-order valence-electron chi connectivity index (χ3n) is 2.39. The molecule has 1 aromatic rings. The molecule has 0 heterocycles. The molecular formula is C12H15NO3S2. The van der Waals surface area contributed by atoms with Gasteiger partial charge in [-0.1, -0.05) is 30.3 Å². The quantitative estimate of drug-likeness (QED) is 0.784. The molecule has 4 nitrogen and oxygen atoms in total. The zero-order valence-electron chi connectivity index (χ0n) is 10.1. The molecule has 1 rings (SSSR count). The number of nitriles is 1. The molecule has 0 radical (unpaired) electrons. The fourth-order valence-corrected chi connectivity index (χ4v) is 4.17. The molecule has 98 valence electrons. The molecular weight excluding hydrogens is 270 g/mol. The lowest BCUT2D eigenvalue weighted by Gasteiger charge is -2.08. The zero-order chi connectivity index (χ0) is 13.6. The summed E-state index contributed by atoms with van der Waals surface area (Å²) >= 11 is 0. The second-order valence-electron chi connectivity index (χ2n) is 4.03. The van der Waals surface area contributed by atoms with Crippen LogP contribution in [0.4, 0.5) is 0 Å². The summed E-state index contributed by atoms with van der Waals surface area (Å²) in [6.45, 7) is 0. The Morgan fingerprint density at radius 2 is 1.94 bits per heavy atom. The zero-order valence-corrected chi connectivity index (χ0v) is 11.7. The van der Waals surface area contributed by atoms with Crippen LogP contribution in [0, 0.1) is 11.3 Å². The lowest BCUT2D eigenvalue weighted by Crippen LogP contribution is -2.16. The summed E-state index contributed by atoms with van der Waals surface area (Å²) in [5.41, 5.74) is 0.813. The van der Waals surface area contributed by atoms with E-state index in [-0.39, 0.29) is 17.3 Å². The van der Waals surface area contributed by atoms with Crippen molar-refractivity contribution in [2.75, 3.05) is 23.5 Å². The van der Waals surface area contributed by atoms with Crippen LogP contribution in [0.2, 0.25) is 0 Å². The molecule has 0 spiro atoms. The molecule has 0 fully saturated rings. The monoisotopic (exact) mass is 285 g/mol. The van der Waals surface area contributed by atoms with Crippen LogP contribution >= 0.6 is 0 Å². The first-order chi connectivity index (χ1) is 8.42. The van der Waals surface area contributed by atoms with Crippen molar-refractivity contribution in [3.63, 3.8) is 0 Å². The highest BCUT2D eigenvalue weighted by molar-refractivity contribution is 7.92. The van der Waals surface area contributed by atoms with Crippen molar-refractivity contribution in [3.8, 4) is 6.07 Å². The van der Waals surface area contributed by atoms with Gasteiger partial charge in [0.15, 0.2) is 0 Å². The largest absolute Gasteiger partial charge is 0.259 e. The van der Waals surface area contributed by atoms with E-state index < -0.39 is 26.6 Å². The minimum atomic E-state index is -3.10. The molecule has 1 aromatic carbocycles. The average molecular weight is 285 g/mol. The smallest absolute Gasteiger partial charge is 0.148 e. The van der Waals surface area contributed by atoms with Gasteiger partial charge in [0.2, 0.25) is 0 Å². The van der Waals surface area contributed by atoms with E-state index in [0.717, 1.165) is 11.8 Å². The van der Waals surface area contributed by atoms with Crippen LogP contribution in [0.1, 0.15) is 11.5 Å². The van der Waals surface area contributed by atoms with E-state index in [9.17, 15) is 12.6 Å². The Hall–Kier alpha value is -1.19. The van der Waals surface area contributed by atoms with E-state index in [0.29, 0.717) is 0 Å². The highest BCUT2D eigenvalue weighted by Crippen LogP contribution is 2.15. The molecule has 0 amide bonds. The number of benzene rings is 1. The van der Waals surface area contributed by atoms with Crippen molar-refractivity contribution in [2.45, 2.75) is 5.92 Å². The standard InChI is InChI=1S/C12H15NO3S2/c1-18(15,16)8-7-17(14)10-12(9-13)11-5-3-2-4-6-11/h2-6,12H,7-8,10H2,1H3. The van der Waals surface area contributed by atoms with E-state index >= 15 is 0 Å². The highest BCUT2D eigenvalue weighted by Gasteiger charge is 2.15. The fourth-order valence-electron chi connectivity index (χ4n) is 1.41. The van der Waals surface area contributed by atoms with E-state index in [1.807, 2.05) is 30.3 Å². The van der Waals surface area contributed by atoms with Gasteiger partial charge >= 0.3 is 0 Å². The summed E-state index contributed by atoms with van der Waals surface area (Å²) in [7, 11) is -4.40. The van der Waals surface area contributed by atoms with Crippen LogP contribution in [-0.2, 0) is 20.6 Å². The first-order valence-corrected chi connectivity index (χ1v) is 8.94. The lowest BCUT2D eigenvalue weighted by molar-refractivity contribution is 0.602. The number of hydrogen-bond acceptors (Lipinski definition) is 4. The molecule has 0 aliphatic carbocycles. The topological polar surface area (TPSA) is 75.0 Å². The SMILES string of the molecule is CS(=O)(=O)CCS(=O)CC(C#N)c1ccccc1. The van der Waals surface area contributed by atoms with Crippen LogP contribution in [-0.4, -0.2) is 36.1 Å². The third-order valence-corrected chi connectivity index (χ3v) is 4.96. The van der Waals surface area contributed by atoms with Gasteiger partial charge in [0, 0.05) is 28.6 Å². The van der Waals surface area contributed by atoms with E-state index in [2.05, 4.69) is 6.07 Å². The molecule has 18 heavy (non-hydrogen) atoms. The summed E-state index contributed by atoms with van der Waals surface area (Å²) in [5.74, 6) is -0.293. The molecule has 0 aliphatic rings. The highest BCUT2D eigenvalue weighted by atomic mass is 32.2. The molecule has 6 heteroatoms. The summed E-state index contributed by atoms with van der Waals surface area (Å²) in [6.07, 6.45) is 1.11. The van der Waals surface area contributed by atoms with E-state index in [4.69, 9.17) is 5.26 Å². The van der Waals surface area contributed by atoms with Crippen LogP contribution in [0.25, 0.3) is 0 Å². The van der Waals surface area contributed by atoms with Crippen molar-refractivity contribution < 1.29 is 12.6 Å². The Morgan fingerprint density at radius 3 is 2.44 bits per heavy atom. The predicted octanol–water partition coefficient (Wildman–Crippen LogP) is 1.09. The van der Waals surface area contributed by atoms with Gasteiger partial charge in [0.05, 0.1) is 17.7 Å². The maximum atomic E-state index is 11.7. The Morgan fingerprint density at radius 1 is 1.33 bits per heavy atom. The molecule has 0 saturated heterocycles. The molecule has 0 N–H and O–H groups in total. The lowest BCUT2D eigenvalue weighted by atomic mass is 10.0. The van der Waals surface area contributed by atoms with Crippen molar-refractivity contribution >= 4 is 20.6 Å². The Bertz CT molecular complexity index is 546. The summed E-state index contributed by atoms with van der Waals surface area (Å²) in [5, 5.41) is 9.05. The van der Waals surface area contributed by atoms with E-state index in [1.165, 1.54) is 0 Å². The van der Waals surface area contributed by atoms with Crippen LogP contribution in [0.5, 0.6) is 0 Å². The van der Waals surface area contributed by atoms with Crippen LogP contribution < -0.4 is 0 Å². The van der Waals surface area contributed by atoms with Crippen molar-refractivity contribution in [2.24, 2.45) is 0 Å². The Balaban J connectivity index is 2.60. The van der Waals surface area contributed by atoms with Crippen molar-refractivity contribution in [1.29, 1.82) is 5.26 Å². The van der Waals surface area contributed by atoms with Crippen molar-refractivity contribution in [1.82, 2.24) is 0 Å². The molecule has 0 aromatic heterocycles. The molecule has 0 aliphatic heterocycles. The predicted molar refractivity (Wildman–Crippen MR) is 72.4 cm³/mol. The second-order valence-corrected chi connectivity index (χ2v) is 7.91.